The van der Waals surface area contributed by atoms with Gasteiger partial charge in [-0.3, -0.25) is 9.32 Å². The number of rotatable bonds is 7. The largest absolute Gasteiger partial charge is 0.587 e. The molecule has 1 saturated carbocycles. The third-order valence-corrected chi connectivity index (χ3v) is 6.81. The van der Waals surface area contributed by atoms with E-state index >= 15 is 0 Å². The third kappa shape index (κ3) is 4.82. The minimum absolute atomic E-state index is 0.0373. The number of phosphoric acid groups is 1. The number of ether oxygens (including phenoxy) is 1. The number of cyclic esters (lactones) is 1. The van der Waals surface area contributed by atoms with E-state index in [0.717, 1.165) is 32.1 Å². The first-order valence-corrected chi connectivity index (χ1v) is 11.5. The first-order valence-electron chi connectivity index (χ1n) is 10.0. The molecular formula is C22H25O6P. The first kappa shape index (κ1) is 20.0. The summed E-state index contributed by atoms with van der Waals surface area (Å²) in [5.41, 5.74) is -0.406. The van der Waals surface area contributed by atoms with Gasteiger partial charge in [0.25, 0.3) is 0 Å². The zero-order valence-corrected chi connectivity index (χ0v) is 17.1. The molecule has 0 aromatic heterocycles. The van der Waals surface area contributed by atoms with Crippen LogP contribution in [0.5, 0.6) is 11.5 Å². The number of benzene rings is 2. The maximum Gasteiger partial charge on any atom is 0.587 e. The lowest BCUT2D eigenvalue weighted by Gasteiger charge is -2.28. The van der Waals surface area contributed by atoms with Gasteiger partial charge in [-0.1, -0.05) is 55.7 Å². The highest BCUT2D eigenvalue weighted by Gasteiger charge is 2.50. The van der Waals surface area contributed by atoms with Gasteiger partial charge in [-0.05, 0) is 37.1 Å². The molecule has 1 saturated heterocycles. The van der Waals surface area contributed by atoms with E-state index < -0.39 is 19.3 Å². The summed E-state index contributed by atoms with van der Waals surface area (Å²) in [6, 6.07) is 17.5. The van der Waals surface area contributed by atoms with Crippen LogP contribution in [0.4, 0.5) is 0 Å². The Hall–Kier alpha value is -2.30. The first-order chi connectivity index (χ1) is 14.1. The van der Waals surface area contributed by atoms with Crippen molar-refractivity contribution >= 4 is 13.8 Å². The van der Waals surface area contributed by atoms with Gasteiger partial charge < -0.3 is 13.8 Å². The number of para-hydroxylation sites is 2. The molecule has 0 unspecified atom stereocenters. The van der Waals surface area contributed by atoms with Gasteiger partial charge in [-0.25, -0.2) is 4.57 Å². The molecular weight excluding hydrogens is 391 g/mol. The molecule has 0 radical (unpaired) electrons. The van der Waals surface area contributed by atoms with Crippen LogP contribution in [0.25, 0.3) is 0 Å². The fourth-order valence-electron chi connectivity index (χ4n) is 4.03. The Labute approximate surface area is 170 Å². The molecule has 0 bridgehead atoms. The summed E-state index contributed by atoms with van der Waals surface area (Å²) in [5, 5.41) is 0. The van der Waals surface area contributed by atoms with Crippen LogP contribution in [0.1, 0.15) is 38.5 Å². The molecule has 29 heavy (non-hydrogen) atoms. The topological polar surface area (TPSA) is 71.1 Å². The molecule has 2 aromatic carbocycles. The molecule has 2 aromatic rings. The summed E-state index contributed by atoms with van der Waals surface area (Å²) in [7, 11) is -3.98. The van der Waals surface area contributed by atoms with Crippen LogP contribution in [0.3, 0.4) is 0 Å². The normalized spacial score (nSPS) is 21.0. The lowest BCUT2D eigenvalue weighted by Crippen LogP contribution is -2.29. The minimum atomic E-state index is -3.98. The van der Waals surface area contributed by atoms with E-state index in [2.05, 4.69) is 0 Å². The average molecular weight is 416 g/mol. The summed E-state index contributed by atoms with van der Waals surface area (Å²) in [6.07, 6.45) is 5.06. The zero-order valence-electron chi connectivity index (χ0n) is 16.2. The zero-order chi connectivity index (χ0) is 20.2. The maximum absolute atomic E-state index is 13.4. The van der Waals surface area contributed by atoms with Gasteiger partial charge in [0, 0.05) is 6.42 Å². The molecule has 6 nitrogen and oxygen atoms in total. The van der Waals surface area contributed by atoms with Gasteiger partial charge in [0.05, 0.1) is 12.0 Å². The molecule has 7 heteroatoms. The lowest BCUT2D eigenvalue weighted by atomic mass is 9.72. The number of carbonyl (C=O) groups excluding carboxylic acids is 1. The van der Waals surface area contributed by atoms with Crippen LogP contribution in [0.2, 0.25) is 0 Å². The number of carbonyl (C=O) groups is 1. The Bertz CT molecular complexity index is 818. The number of phosphoric ester groups is 1. The fraction of sp³-hybridized carbons (Fsp3) is 0.409. The van der Waals surface area contributed by atoms with Gasteiger partial charge >= 0.3 is 13.8 Å². The average Bonchev–Trinajstić information content (AvgIpc) is 3.03. The highest BCUT2D eigenvalue weighted by atomic mass is 31.2. The summed E-state index contributed by atoms with van der Waals surface area (Å²) in [4.78, 5) is 12.5. The second-order valence-electron chi connectivity index (χ2n) is 7.62. The highest BCUT2D eigenvalue weighted by molar-refractivity contribution is 7.49. The van der Waals surface area contributed by atoms with Gasteiger partial charge in [0.15, 0.2) is 0 Å². The van der Waals surface area contributed by atoms with E-state index in [4.69, 9.17) is 18.3 Å². The van der Waals surface area contributed by atoms with Gasteiger partial charge in [-0.15, -0.1) is 0 Å². The lowest BCUT2D eigenvalue weighted by molar-refractivity contribution is -0.150. The molecule has 2 fully saturated rings. The van der Waals surface area contributed by atoms with Crippen LogP contribution in [-0.4, -0.2) is 18.7 Å². The van der Waals surface area contributed by atoms with Crippen molar-refractivity contribution in [2.75, 3.05) is 6.61 Å². The number of hydrogen-bond acceptors (Lipinski definition) is 6. The minimum Gasteiger partial charge on any atom is -0.459 e. The molecule has 1 aliphatic heterocycles. The molecule has 1 heterocycles. The summed E-state index contributed by atoms with van der Waals surface area (Å²) < 4.78 is 35.7. The monoisotopic (exact) mass is 416 g/mol. The number of esters is 1. The molecule has 154 valence electrons. The van der Waals surface area contributed by atoms with E-state index in [9.17, 15) is 9.36 Å². The van der Waals surface area contributed by atoms with Crippen LogP contribution in [0, 0.1) is 5.41 Å². The van der Waals surface area contributed by atoms with Crippen molar-refractivity contribution in [2.45, 2.75) is 44.6 Å². The van der Waals surface area contributed by atoms with Crippen molar-refractivity contribution in [1.29, 1.82) is 0 Å². The Morgan fingerprint density at radius 2 is 1.45 bits per heavy atom. The van der Waals surface area contributed by atoms with Crippen LogP contribution in [0.15, 0.2) is 60.7 Å². The second-order valence-corrected chi connectivity index (χ2v) is 9.14. The second kappa shape index (κ2) is 8.60. The molecule has 0 N–H and O–H groups in total. The standard InChI is InChI=1S/C22H25O6P/c23-21-22(14-8-3-9-15-22)16-20(26-21)17-25-29(24,27-18-10-4-1-5-11-18)28-19-12-6-2-7-13-19/h1-2,4-7,10-13,20H,3,8-9,14-17H2/t20-/m0/s1. The van der Waals surface area contributed by atoms with Crippen molar-refractivity contribution in [1.82, 2.24) is 0 Å². The molecule has 2 aliphatic rings. The Morgan fingerprint density at radius 1 is 0.897 bits per heavy atom. The number of hydrogen-bond donors (Lipinski definition) is 0. The predicted octanol–water partition coefficient (Wildman–Crippen LogP) is 5.54. The molecule has 4 rings (SSSR count). The molecule has 1 aliphatic carbocycles. The van der Waals surface area contributed by atoms with Crippen molar-refractivity contribution in [2.24, 2.45) is 5.41 Å². The SMILES string of the molecule is O=C1O[C@H](COP(=O)(Oc2ccccc2)Oc2ccccc2)CC12CCCCC2. The quantitative estimate of drug-likeness (QED) is 0.436. The van der Waals surface area contributed by atoms with Crippen molar-refractivity contribution < 1.29 is 27.7 Å². The van der Waals surface area contributed by atoms with Gasteiger partial charge in [0.2, 0.25) is 0 Å². The highest BCUT2D eigenvalue weighted by Crippen LogP contribution is 2.51. The molecule has 1 atom stereocenters. The van der Waals surface area contributed by atoms with E-state index in [1.54, 1.807) is 48.5 Å². The van der Waals surface area contributed by atoms with Crippen molar-refractivity contribution in [3.8, 4) is 11.5 Å². The van der Waals surface area contributed by atoms with Crippen molar-refractivity contribution in [3.63, 3.8) is 0 Å². The van der Waals surface area contributed by atoms with E-state index in [-0.39, 0.29) is 12.6 Å². The summed E-state index contributed by atoms with van der Waals surface area (Å²) >= 11 is 0. The third-order valence-electron chi connectivity index (χ3n) is 5.48. The van der Waals surface area contributed by atoms with E-state index in [1.165, 1.54) is 0 Å². The van der Waals surface area contributed by atoms with Crippen LogP contribution >= 0.6 is 7.82 Å². The fourth-order valence-corrected chi connectivity index (χ4v) is 5.28. The predicted molar refractivity (Wildman–Crippen MR) is 108 cm³/mol. The van der Waals surface area contributed by atoms with Crippen LogP contribution < -0.4 is 9.05 Å². The Balaban J connectivity index is 1.45. The van der Waals surface area contributed by atoms with E-state index in [0.29, 0.717) is 17.9 Å². The molecule has 1 spiro atoms. The van der Waals surface area contributed by atoms with Crippen LogP contribution in [-0.2, 0) is 18.6 Å². The Morgan fingerprint density at radius 3 is 2.00 bits per heavy atom. The Kier molecular flexibility index (Phi) is 5.93. The van der Waals surface area contributed by atoms with E-state index in [1.807, 2.05) is 12.1 Å². The van der Waals surface area contributed by atoms with Gasteiger partial charge in [-0.2, -0.15) is 0 Å². The summed E-state index contributed by atoms with van der Waals surface area (Å²) in [6.45, 7) is -0.0373. The molecule has 0 amide bonds. The summed E-state index contributed by atoms with van der Waals surface area (Å²) in [5.74, 6) is 0.589. The maximum atomic E-state index is 13.4. The van der Waals surface area contributed by atoms with Gasteiger partial charge in [0.1, 0.15) is 17.6 Å². The smallest absolute Gasteiger partial charge is 0.459 e. The van der Waals surface area contributed by atoms with Crippen molar-refractivity contribution in [3.05, 3.63) is 60.7 Å².